The quantitative estimate of drug-likeness (QED) is 0.204. The number of hydrogen-bond acceptors (Lipinski definition) is 6. The highest BCUT2D eigenvalue weighted by Gasteiger charge is 2.38. The van der Waals surface area contributed by atoms with E-state index in [9.17, 15) is 19.5 Å². The monoisotopic (exact) mass is 623 g/mol. The van der Waals surface area contributed by atoms with E-state index in [0.717, 1.165) is 30.4 Å². The van der Waals surface area contributed by atoms with Gasteiger partial charge in [0, 0.05) is 18.5 Å². The van der Waals surface area contributed by atoms with Gasteiger partial charge in [-0.15, -0.1) is 0 Å². The van der Waals surface area contributed by atoms with Gasteiger partial charge in [0.15, 0.2) is 0 Å². The Bertz CT molecular complexity index is 1160. The van der Waals surface area contributed by atoms with E-state index in [1.165, 1.54) is 7.11 Å². The zero-order valence-corrected chi connectivity index (χ0v) is 27.8. The Hall–Kier alpha value is -3.59. The minimum atomic E-state index is -0.910. The molecule has 0 unspecified atom stereocenters. The zero-order valence-electron chi connectivity index (χ0n) is 27.8. The summed E-state index contributed by atoms with van der Waals surface area (Å²) in [4.78, 5) is 41.4. The van der Waals surface area contributed by atoms with E-state index in [1.807, 2.05) is 81.4 Å². The molecule has 0 aromatic heterocycles. The van der Waals surface area contributed by atoms with Crippen LogP contribution >= 0.6 is 0 Å². The molecule has 1 aliphatic rings. The van der Waals surface area contributed by atoms with Gasteiger partial charge in [-0.25, -0.2) is 9.59 Å². The van der Waals surface area contributed by atoms with E-state index >= 15 is 0 Å². The number of rotatable bonds is 16. The van der Waals surface area contributed by atoms with Gasteiger partial charge >= 0.3 is 12.2 Å². The maximum atomic E-state index is 14.1. The number of methoxy groups -OCH3 is 1. The smallest absolute Gasteiger partial charge is 0.410 e. The highest BCUT2D eigenvalue weighted by Crippen LogP contribution is 2.36. The lowest BCUT2D eigenvalue weighted by molar-refractivity contribution is -0.124. The van der Waals surface area contributed by atoms with Gasteiger partial charge in [-0.2, -0.15) is 0 Å². The van der Waals surface area contributed by atoms with Gasteiger partial charge in [-0.05, 0) is 82.3 Å². The van der Waals surface area contributed by atoms with Crippen LogP contribution in [0.3, 0.4) is 0 Å². The lowest BCUT2D eigenvalue weighted by Gasteiger charge is -2.33. The van der Waals surface area contributed by atoms with Gasteiger partial charge in [0.25, 0.3) is 0 Å². The molecule has 1 saturated carbocycles. The Kier molecular flexibility index (Phi) is 13.7. The summed E-state index contributed by atoms with van der Waals surface area (Å²) in [5, 5.41) is 16.4. The molecule has 2 aromatic carbocycles. The van der Waals surface area contributed by atoms with E-state index in [-0.39, 0.29) is 24.6 Å². The van der Waals surface area contributed by atoms with E-state index in [2.05, 4.69) is 24.5 Å². The normalized spacial score (nSPS) is 15.2. The number of nitrogens with one attached hydrogen (secondary N) is 2. The third-order valence-electron chi connectivity index (χ3n) is 8.19. The van der Waals surface area contributed by atoms with Crippen molar-refractivity contribution < 1.29 is 29.0 Å². The molecule has 45 heavy (non-hydrogen) atoms. The molecule has 3 atom stereocenters. The van der Waals surface area contributed by atoms with Crippen LogP contribution in [-0.4, -0.2) is 72.1 Å². The molecule has 2 aromatic rings. The first-order valence-electron chi connectivity index (χ1n) is 16.3. The number of nitrogens with zero attached hydrogens (tertiary/aromatic N) is 1. The average Bonchev–Trinajstić information content (AvgIpc) is 3.85. The zero-order chi connectivity index (χ0) is 33.0. The summed E-state index contributed by atoms with van der Waals surface area (Å²) < 4.78 is 10.6. The molecule has 1 aliphatic carbocycles. The second-order valence-electron chi connectivity index (χ2n) is 13.5. The Morgan fingerprint density at radius 2 is 1.49 bits per heavy atom. The standard InChI is InChI=1S/C36H53N3O6/c1-25(2)22-23-39(35(43)45-36(3,4)5)29(24-40)18-13-19-30(26-20-21-26)37-33(41)32(38-34(42)44-6)31(27-14-9-7-10-15-27)28-16-11-8-12-17-28/h7-12,14-17,25-26,29-32,40H,13,18-24H2,1-6H3,(H,37,41)(H,38,42)/t29-,30+,32-/m0/s1. The number of benzene rings is 2. The summed E-state index contributed by atoms with van der Waals surface area (Å²) in [5.74, 6) is 0.0236. The van der Waals surface area contributed by atoms with Crippen LogP contribution in [0.2, 0.25) is 0 Å². The molecule has 9 nitrogen and oxygen atoms in total. The maximum Gasteiger partial charge on any atom is 0.410 e. The summed E-state index contributed by atoms with van der Waals surface area (Å²) in [7, 11) is 1.29. The van der Waals surface area contributed by atoms with E-state index in [0.29, 0.717) is 37.6 Å². The molecule has 0 saturated heterocycles. The number of carbonyl (C=O) groups excluding carboxylic acids is 3. The van der Waals surface area contributed by atoms with E-state index in [1.54, 1.807) is 4.90 Å². The average molecular weight is 624 g/mol. The summed E-state index contributed by atoms with van der Waals surface area (Å²) in [5.41, 5.74) is 1.16. The van der Waals surface area contributed by atoms with Gasteiger partial charge in [0.05, 0.1) is 19.8 Å². The molecule has 0 heterocycles. The molecular weight excluding hydrogens is 570 g/mol. The van der Waals surface area contributed by atoms with Crippen molar-refractivity contribution in [2.45, 2.75) is 103 Å². The molecule has 0 bridgehead atoms. The van der Waals surface area contributed by atoms with E-state index in [4.69, 9.17) is 9.47 Å². The lowest BCUT2D eigenvalue weighted by atomic mass is 9.84. The van der Waals surface area contributed by atoms with Crippen LogP contribution in [0.1, 0.15) is 90.2 Å². The SMILES string of the molecule is COC(=O)N[C@H](C(=O)N[C@H](CCC[C@@H](CO)N(CCC(C)C)C(=O)OC(C)(C)C)C1CC1)C(c1ccccc1)c1ccccc1. The third-order valence-corrected chi connectivity index (χ3v) is 8.19. The predicted octanol–water partition coefficient (Wildman–Crippen LogP) is 6.25. The van der Waals surface area contributed by atoms with Crippen molar-refractivity contribution >= 4 is 18.1 Å². The molecule has 3 N–H and O–H groups in total. The molecular formula is C36H53N3O6. The van der Waals surface area contributed by atoms with Gasteiger partial charge in [0.2, 0.25) is 5.91 Å². The van der Waals surface area contributed by atoms with Crippen LogP contribution in [0.15, 0.2) is 60.7 Å². The summed E-state index contributed by atoms with van der Waals surface area (Å²) >= 11 is 0. The molecule has 0 radical (unpaired) electrons. The topological polar surface area (TPSA) is 117 Å². The fourth-order valence-corrected chi connectivity index (χ4v) is 5.64. The van der Waals surface area contributed by atoms with Crippen molar-refractivity contribution in [2.75, 3.05) is 20.3 Å². The van der Waals surface area contributed by atoms with Crippen LogP contribution in [0.25, 0.3) is 0 Å². The molecule has 248 valence electrons. The van der Waals surface area contributed by atoms with Gasteiger partial charge < -0.3 is 30.1 Å². The van der Waals surface area contributed by atoms with Gasteiger partial charge in [-0.3, -0.25) is 4.79 Å². The fraction of sp³-hybridized carbons (Fsp3) is 0.583. The fourth-order valence-electron chi connectivity index (χ4n) is 5.64. The van der Waals surface area contributed by atoms with Crippen LogP contribution in [0.4, 0.5) is 9.59 Å². The first-order chi connectivity index (χ1) is 21.4. The number of carbonyl (C=O) groups is 3. The second-order valence-corrected chi connectivity index (χ2v) is 13.5. The van der Waals surface area contributed by atoms with Crippen LogP contribution in [0, 0.1) is 11.8 Å². The van der Waals surface area contributed by atoms with Crippen LogP contribution in [-0.2, 0) is 14.3 Å². The number of ether oxygens (including phenoxy) is 2. The van der Waals surface area contributed by atoms with Crippen LogP contribution < -0.4 is 10.6 Å². The third kappa shape index (κ3) is 11.7. The Labute approximate surface area is 269 Å². The van der Waals surface area contributed by atoms with Crippen molar-refractivity contribution in [3.05, 3.63) is 71.8 Å². The minimum absolute atomic E-state index is 0.100. The van der Waals surface area contributed by atoms with Crippen LogP contribution in [0.5, 0.6) is 0 Å². The second kappa shape index (κ2) is 17.2. The molecule has 1 fully saturated rings. The van der Waals surface area contributed by atoms with Gasteiger partial charge in [0.1, 0.15) is 11.6 Å². The van der Waals surface area contributed by atoms with Crippen molar-refractivity contribution in [3.63, 3.8) is 0 Å². The van der Waals surface area contributed by atoms with Crippen molar-refractivity contribution in [1.29, 1.82) is 0 Å². The first kappa shape index (κ1) is 35.9. The Balaban J connectivity index is 1.77. The number of aliphatic hydroxyl groups excluding tert-OH is 1. The largest absolute Gasteiger partial charge is 0.453 e. The van der Waals surface area contributed by atoms with Gasteiger partial charge in [-0.1, -0.05) is 74.5 Å². The van der Waals surface area contributed by atoms with Crippen molar-refractivity contribution in [1.82, 2.24) is 15.5 Å². The highest BCUT2D eigenvalue weighted by molar-refractivity contribution is 5.87. The number of amides is 3. The number of alkyl carbamates (subject to hydrolysis) is 1. The summed E-state index contributed by atoms with van der Waals surface area (Å²) in [6, 6.07) is 18.0. The molecule has 3 amide bonds. The Morgan fingerprint density at radius 3 is 1.96 bits per heavy atom. The Morgan fingerprint density at radius 1 is 0.911 bits per heavy atom. The summed E-state index contributed by atoms with van der Waals surface area (Å²) in [6.45, 7) is 10.1. The first-order valence-corrected chi connectivity index (χ1v) is 16.3. The minimum Gasteiger partial charge on any atom is -0.453 e. The number of aliphatic hydroxyl groups is 1. The maximum absolute atomic E-state index is 14.1. The molecule has 0 aliphatic heterocycles. The van der Waals surface area contributed by atoms with Crippen molar-refractivity contribution in [3.8, 4) is 0 Å². The predicted molar refractivity (Wildman–Crippen MR) is 176 cm³/mol. The summed E-state index contributed by atoms with van der Waals surface area (Å²) in [6.07, 6.45) is 3.70. The van der Waals surface area contributed by atoms with Crippen molar-refractivity contribution in [2.24, 2.45) is 11.8 Å². The molecule has 3 rings (SSSR count). The lowest BCUT2D eigenvalue weighted by Crippen LogP contribution is -2.53. The highest BCUT2D eigenvalue weighted by atomic mass is 16.6. The van der Waals surface area contributed by atoms with E-state index < -0.39 is 29.7 Å². The molecule has 0 spiro atoms. The molecule has 9 heteroatoms. The number of hydrogen-bond donors (Lipinski definition) is 3.